The van der Waals surface area contributed by atoms with Crippen LogP contribution in [-0.4, -0.2) is 0 Å². The Labute approximate surface area is 271 Å². The Bertz CT molecular complexity index is 732. The van der Waals surface area contributed by atoms with Gasteiger partial charge in [-0.05, 0) is 76.7 Å². The molecule has 0 saturated heterocycles. The first-order valence-electron chi connectivity index (χ1n) is 19.6. The van der Waals surface area contributed by atoms with Crippen LogP contribution in [-0.2, 0) is 13.0 Å². The minimum absolute atomic E-state index is 1.18. The lowest BCUT2D eigenvalue weighted by molar-refractivity contribution is -0.697. The van der Waals surface area contributed by atoms with Gasteiger partial charge < -0.3 is 0 Å². The van der Waals surface area contributed by atoms with Crippen molar-refractivity contribution >= 4 is 0 Å². The predicted molar refractivity (Wildman–Crippen MR) is 194 cm³/mol. The average Bonchev–Trinajstić information content (AvgIpc) is 3.02. The molecule has 0 aliphatic carbocycles. The van der Waals surface area contributed by atoms with Crippen molar-refractivity contribution in [1.82, 2.24) is 0 Å². The summed E-state index contributed by atoms with van der Waals surface area (Å²) in [7, 11) is 0. The fourth-order valence-corrected chi connectivity index (χ4v) is 6.16. The summed E-state index contributed by atoms with van der Waals surface area (Å²) in [5.41, 5.74) is 1.53. The molecule has 0 aliphatic rings. The number of aryl methyl sites for hydroxylation is 2. The van der Waals surface area contributed by atoms with E-state index in [1.54, 1.807) is 0 Å². The summed E-state index contributed by atoms with van der Waals surface area (Å²) in [6.07, 6.45) is 55.8. The molecule has 0 N–H and O–H groups in total. The molecule has 1 heteroatoms. The van der Waals surface area contributed by atoms with Crippen molar-refractivity contribution in [3.8, 4) is 0 Å². The molecule has 0 aromatic carbocycles. The van der Waals surface area contributed by atoms with E-state index < -0.39 is 0 Å². The molecular weight excluding hydrogens is 518 g/mol. The number of pyridine rings is 1. The summed E-state index contributed by atoms with van der Waals surface area (Å²) in [5, 5.41) is 0. The molecule has 0 radical (unpaired) electrons. The minimum atomic E-state index is 1.18. The molecule has 0 atom stereocenters. The lowest BCUT2D eigenvalue weighted by Crippen LogP contribution is -2.33. The molecule has 0 amide bonds. The highest BCUT2D eigenvalue weighted by atomic mass is 14.9. The van der Waals surface area contributed by atoms with Crippen LogP contribution in [0.2, 0.25) is 0 Å². The third-order valence-electron chi connectivity index (χ3n) is 9.07. The van der Waals surface area contributed by atoms with E-state index in [-0.39, 0.29) is 0 Å². The number of allylic oxidation sites excluding steroid dienone is 4. The van der Waals surface area contributed by atoms with Gasteiger partial charge in [0.1, 0.15) is 6.54 Å². The Hall–Kier alpha value is -1.37. The molecule has 43 heavy (non-hydrogen) atoms. The van der Waals surface area contributed by atoms with Crippen molar-refractivity contribution in [2.45, 2.75) is 213 Å². The second-order valence-corrected chi connectivity index (χ2v) is 13.4. The molecule has 1 rings (SSSR count). The van der Waals surface area contributed by atoms with Gasteiger partial charge in [0.2, 0.25) is 0 Å². The van der Waals surface area contributed by atoms with Crippen molar-refractivity contribution in [3.63, 3.8) is 0 Å². The number of hydrogen-bond donors (Lipinski definition) is 0. The maximum Gasteiger partial charge on any atom is 0.171 e. The van der Waals surface area contributed by atoms with Crippen LogP contribution in [0.25, 0.3) is 0 Å². The molecular formula is C42H76N+. The van der Waals surface area contributed by atoms with Gasteiger partial charge in [0.25, 0.3) is 0 Å². The van der Waals surface area contributed by atoms with E-state index in [0.29, 0.717) is 0 Å². The lowest BCUT2D eigenvalue weighted by atomic mass is 10.0. The van der Waals surface area contributed by atoms with Gasteiger partial charge in [-0.15, -0.1) is 0 Å². The summed E-state index contributed by atoms with van der Waals surface area (Å²) in [6, 6.07) is 4.59. The van der Waals surface area contributed by atoms with E-state index in [0.717, 1.165) is 0 Å². The predicted octanol–water partition coefficient (Wildman–Crippen LogP) is 14.0. The first kappa shape index (κ1) is 39.7. The van der Waals surface area contributed by atoms with E-state index in [1.165, 1.54) is 205 Å². The van der Waals surface area contributed by atoms with Crippen LogP contribution >= 0.6 is 0 Å². The van der Waals surface area contributed by atoms with Crippen LogP contribution in [0.1, 0.15) is 206 Å². The topological polar surface area (TPSA) is 3.88 Å². The molecule has 0 bridgehead atoms. The Morgan fingerprint density at radius 1 is 0.442 bits per heavy atom. The second-order valence-electron chi connectivity index (χ2n) is 13.4. The lowest BCUT2D eigenvalue weighted by Gasteiger charge is -2.03. The number of aromatic nitrogens is 1. The van der Waals surface area contributed by atoms with E-state index in [2.05, 4.69) is 67.2 Å². The standard InChI is InChI=1S/C42H76N/c1-3-5-7-9-11-13-15-17-19-21-22-24-26-28-30-32-34-37-42-38-36-40-43(41-42)39-35-33-31-29-27-25-23-20-18-16-14-12-10-8-6-4-2/h17-20,36,38,40-41H,3-16,21-35,37,39H2,1-2H3/q+1. The monoisotopic (exact) mass is 595 g/mol. The highest BCUT2D eigenvalue weighted by Gasteiger charge is 2.03. The van der Waals surface area contributed by atoms with Gasteiger partial charge in [-0.3, -0.25) is 0 Å². The van der Waals surface area contributed by atoms with Crippen molar-refractivity contribution < 1.29 is 4.57 Å². The van der Waals surface area contributed by atoms with Crippen molar-refractivity contribution in [2.75, 3.05) is 0 Å². The first-order chi connectivity index (χ1) is 21.4. The molecule has 0 spiro atoms. The third kappa shape index (κ3) is 29.1. The molecule has 0 fully saturated rings. The zero-order valence-electron chi connectivity index (χ0n) is 29.5. The molecule has 1 heterocycles. The molecule has 1 aromatic heterocycles. The number of hydrogen-bond acceptors (Lipinski definition) is 0. The number of nitrogens with zero attached hydrogens (tertiary/aromatic N) is 1. The average molecular weight is 595 g/mol. The van der Waals surface area contributed by atoms with E-state index in [1.807, 2.05) is 0 Å². The van der Waals surface area contributed by atoms with Gasteiger partial charge in [-0.25, -0.2) is 4.57 Å². The zero-order chi connectivity index (χ0) is 30.7. The van der Waals surface area contributed by atoms with E-state index >= 15 is 0 Å². The Balaban J connectivity index is 1.88. The van der Waals surface area contributed by atoms with Gasteiger partial charge in [0, 0.05) is 18.1 Å². The smallest absolute Gasteiger partial charge is 0.171 e. The van der Waals surface area contributed by atoms with Crippen LogP contribution in [0.4, 0.5) is 0 Å². The summed E-state index contributed by atoms with van der Waals surface area (Å²) >= 11 is 0. The summed E-state index contributed by atoms with van der Waals surface area (Å²) in [4.78, 5) is 0. The molecule has 248 valence electrons. The van der Waals surface area contributed by atoms with Crippen LogP contribution < -0.4 is 4.57 Å². The van der Waals surface area contributed by atoms with Crippen molar-refractivity contribution in [3.05, 3.63) is 54.4 Å². The van der Waals surface area contributed by atoms with Gasteiger partial charge in [0.15, 0.2) is 12.4 Å². The largest absolute Gasteiger partial charge is 0.205 e. The summed E-state index contributed by atoms with van der Waals surface area (Å²) in [5.74, 6) is 0. The highest BCUT2D eigenvalue weighted by molar-refractivity contribution is 5.05. The van der Waals surface area contributed by atoms with Crippen LogP contribution in [0.3, 0.4) is 0 Å². The minimum Gasteiger partial charge on any atom is -0.205 e. The van der Waals surface area contributed by atoms with E-state index in [4.69, 9.17) is 0 Å². The van der Waals surface area contributed by atoms with Gasteiger partial charge in [0.05, 0.1) is 0 Å². The maximum absolute atomic E-state index is 2.44. The molecule has 0 aliphatic heterocycles. The van der Waals surface area contributed by atoms with Crippen LogP contribution in [0.15, 0.2) is 48.8 Å². The number of unbranched alkanes of at least 4 members (excludes halogenated alkanes) is 25. The molecule has 1 nitrogen and oxygen atoms in total. The van der Waals surface area contributed by atoms with Gasteiger partial charge in [-0.2, -0.15) is 0 Å². The van der Waals surface area contributed by atoms with Crippen molar-refractivity contribution in [2.24, 2.45) is 0 Å². The second kappa shape index (κ2) is 33.5. The molecule has 0 unspecified atom stereocenters. The SMILES string of the molecule is CCCCCCCCC=CCCCCCCCCCc1ccc[n+](CCCCCCCCC=CCCCCCCCC)c1. The summed E-state index contributed by atoms with van der Waals surface area (Å²) in [6.45, 7) is 5.77. The van der Waals surface area contributed by atoms with Crippen LogP contribution in [0.5, 0.6) is 0 Å². The Morgan fingerprint density at radius 2 is 0.814 bits per heavy atom. The number of rotatable bonds is 33. The molecule has 0 saturated carbocycles. The fourth-order valence-electron chi connectivity index (χ4n) is 6.16. The van der Waals surface area contributed by atoms with Crippen molar-refractivity contribution in [1.29, 1.82) is 0 Å². The maximum atomic E-state index is 2.44. The fraction of sp³-hybridized carbons (Fsp3) is 0.786. The summed E-state index contributed by atoms with van der Waals surface area (Å²) < 4.78 is 2.44. The molecule has 1 aromatic rings. The van der Waals surface area contributed by atoms with Gasteiger partial charge >= 0.3 is 0 Å². The quantitative estimate of drug-likeness (QED) is 0.0433. The first-order valence-corrected chi connectivity index (χ1v) is 19.6. The van der Waals surface area contributed by atoms with Crippen LogP contribution in [0, 0.1) is 0 Å². The third-order valence-corrected chi connectivity index (χ3v) is 9.07. The normalized spacial score (nSPS) is 11.9. The highest BCUT2D eigenvalue weighted by Crippen LogP contribution is 2.13. The van der Waals surface area contributed by atoms with E-state index in [9.17, 15) is 0 Å². The zero-order valence-corrected chi connectivity index (χ0v) is 29.5. The van der Waals surface area contributed by atoms with Gasteiger partial charge in [-0.1, -0.05) is 154 Å². The Morgan fingerprint density at radius 3 is 1.26 bits per heavy atom. The Kier molecular flexibility index (Phi) is 30.9.